The Morgan fingerprint density at radius 3 is 2.82 bits per heavy atom. The molecule has 0 atom stereocenters. The van der Waals surface area contributed by atoms with Crippen molar-refractivity contribution in [2.45, 2.75) is 6.04 Å². The summed E-state index contributed by atoms with van der Waals surface area (Å²) >= 11 is 6.21. The number of para-hydroxylation sites is 2. The average Bonchev–Trinajstić information content (AvgIpc) is 2.91. The van der Waals surface area contributed by atoms with Crippen molar-refractivity contribution >= 4 is 28.5 Å². The SMILES string of the molecule is N#Cc1cnc(N2CC(n3cnc4ccccc43)C2)c(Cl)c1. The van der Waals surface area contributed by atoms with Crippen LogP contribution in [-0.4, -0.2) is 27.6 Å². The summed E-state index contributed by atoms with van der Waals surface area (Å²) in [5, 5.41) is 9.38. The third-order valence-corrected chi connectivity index (χ3v) is 4.27. The first-order chi connectivity index (χ1) is 10.8. The molecular formula is C16H12ClN5. The lowest BCUT2D eigenvalue weighted by Crippen LogP contribution is -2.48. The lowest BCUT2D eigenvalue weighted by Gasteiger charge is -2.41. The van der Waals surface area contributed by atoms with Crippen molar-refractivity contribution in [2.24, 2.45) is 0 Å². The number of aromatic nitrogens is 3. The minimum atomic E-state index is 0.362. The molecule has 0 N–H and O–H groups in total. The highest BCUT2D eigenvalue weighted by Gasteiger charge is 2.31. The molecule has 0 bridgehead atoms. The van der Waals surface area contributed by atoms with Crippen LogP contribution in [0.1, 0.15) is 11.6 Å². The number of imidazole rings is 1. The monoisotopic (exact) mass is 309 g/mol. The van der Waals surface area contributed by atoms with Gasteiger partial charge in [-0.25, -0.2) is 9.97 Å². The van der Waals surface area contributed by atoms with E-state index in [0.717, 1.165) is 29.9 Å². The number of rotatable bonds is 2. The Balaban J connectivity index is 1.56. The second-order valence-corrected chi connectivity index (χ2v) is 5.75. The van der Waals surface area contributed by atoms with Crippen LogP contribution in [0.2, 0.25) is 5.02 Å². The Morgan fingerprint density at radius 1 is 1.23 bits per heavy atom. The van der Waals surface area contributed by atoms with Crippen LogP contribution in [0.3, 0.4) is 0 Å². The van der Waals surface area contributed by atoms with E-state index >= 15 is 0 Å². The predicted molar refractivity (Wildman–Crippen MR) is 84.9 cm³/mol. The van der Waals surface area contributed by atoms with Crippen molar-refractivity contribution in [3.8, 4) is 6.07 Å². The summed E-state index contributed by atoms with van der Waals surface area (Å²) in [5.74, 6) is 0.737. The maximum atomic E-state index is 8.86. The molecule has 0 radical (unpaired) electrons. The van der Waals surface area contributed by atoms with Gasteiger partial charge in [-0.1, -0.05) is 23.7 Å². The maximum Gasteiger partial charge on any atom is 0.147 e. The molecule has 1 fully saturated rings. The summed E-state index contributed by atoms with van der Waals surface area (Å²) in [4.78, 5) is 10.8. The summed E-state index contributed by atoms with van der Waals surface area (Å²) in [5.41, 5.74) is 2.63. The largest absolute Gasteiger partial charge is 0.351 e. The Morgan fingerprint density at radius 2 is 2.05 bits per heavy atom. The quantitative estimate of drug-likeness (QED) is 0.730. The fraction of sp³-hybridized carbons (Fsp3) is 0.188. The molecule has 3 heterocycles. The molecular weight excluding hydrogens is 298 g/mol. The standard InChI is InChI=1S/C16H12ClN5/c17-13-5-11(6-18)7-19-16(13)21-8-12(9-21)22-10-20-14-3-1-2-4-15(14)22/h1-5,7,10,12H,8-9H2. The van der Waals surface area contributed by atoms with Gasteiger partial charge in [0.05, 0.1) is 34.0 Å². The van der Waals surface area contributed by atoms with E-state index in [-0.39, 0.29) is 0 Å². The van der Waals surface area contributed by atoms with Gasteiger partial charge in [0.2, 0.25) is 0 Å². The van der Waals surface area contributed by atoms with Crippen LogP contribution in [0.25, 0.3) is 11.0 Å². The van der Waals surface area contributed by atoms with Gasteiger partial charge in [0.1, 0.15) is 11.9 Å². The Kier molecular flexibility index (Phi) is 2.98. The molecule has 5 nitrogen and oxygen atoms in total. The summed E-state index contributed by atoms with van der Waals surface area (Å²) in [6, 6.07) is 12.2. The zero-order chi connectivity index (χ0) is 15.1. The van der Waals surface area contributed by atoms with Gasteiger partial charge in [-0.05, 0) is 18.2 Å². The van der Waals surface area contributed by atoms with Crippen molar-refractivity contribution in [2.75, 3.05) is 18.0 Å². The zero-order valence-electron chi connectivity index (χ0n) is 11.6. The van der Waals surface area contributed by atoms with E-state index in [1.54, 1.807) is 12.3 Å². The average molecular weight is 310 g/mol. The third kappa shape index (κ3) is 2.00. The molecule has 2 aromatic heterocycles. The maximum absolute atomic E-state index is 8.86. The number of anilines is 1. The fourth-order valence-electron chi connectivity index (χ4n) is 2.80. The number of pyridine rings is 1. The highest BCUT2D eigenvalue weighted by Crippen LogP contribution is 2.33. The van der Waals surface area contributed by atoms with Crippen molar-refractivity contribution < 1.29 is 0 Å². The number of hydrogen-bond donors (Lipinski definition) is 0. The van der Waals surface area contributed by atoms with E-state index < -0.39 is 0 Å². The van der Waals surface area contributed by atoms with Crippen LogP contribution in [0.4, 0.5) is 5.82 Å². The molecule has 6 heteroatoms. The van der Waals surface area contributed by atoms with Crippen molar-refractivity contribution in [1.29, 1.82) is 5.26 Å². The van der Waals surface area contributed by atoms with Crippen LogP contribution in [-0.2, 0) is 0 Å². The highest BCUT2D eigenvalue weighted by molar-refractivity contribution is 6.33. The predicted octanol–water partition coefficient (Wildman–Crippen LogP) is 3.02. The third-order valence-electron chi connectivity index (χ3n) is 3.99. The first-order valence-corrected chi connectivity index (χ1v) is 7.36. The Labute approximate surface area is 132 Å². The van der Waals surface area contributed by atoms with Crippen molar-refractivity contribution in [3.05, 3.63) is 53.4 Å². The van der Waals surface area contributed by atoms with Crippen LogP contribution in [0.5, 0.6) is 0 Å². The Bertz CT molecular complexity index is 889. The van der Waals surface area contributed by atoms with Gasteiger partial charge in [-0.3, -0.25) is 0 Å². The summed E-state index contributed by atoms with van der Waals surface area (Å²) in [7, 11) is 0. The highest BCUT2D eigenvalue weighted by atomic mass is 35.5. The van der Waals surface area contributed by atoms with E-state index in [1.807, 2.05) is 30.6 Å². The number of halogens is 1. The van der Waals surface area contributed by atoms with E-state index in [4.69, 9.17) is 16.9 Å². The molecule has 1 aromatic carbocycles. The van der Waals surface area contributed by atoms with Gasteiger partial charge in [0.15, 0.2) is 0 Å². The molecule has 1 aliphatic heterocycles. The lowest BCUT2D eigenvalue weighted by molar-refractivity contribution is 0.405. The minimum Gasteiger partial charge on any atom is -0.351 e. The molecule has 0 amide bonds. The molecule has 0 saturated carbocycles. The smallest absolute Gasteiger partial charge is 0.147 e. The first kappa shape index (κ1) is 13.1. The number of benzene rings is 1. The summed E-state index contributed by atoms with van der Waals surface area (Å²) in [6.45, 7) is 1.66. The van der Waals surface area contributed by atoms with Crippen LogP contribution in [0.15, 0.2) is 42.9 Å². The fourth-order valence-corrected chi connectivity index (χ4v) is 3.08. The van der Waals surface area contributed by atoms with Gasteiger partial charge >= 0.3 is 0 Å². The van der Waals surface area contributed by atoms with E-state index in [1.165, 1.54) is 0 Å². The van der Waals surface area contributed by atoms with Gasteiger partial charge in [0, 0.05) is 19.3 Å². The van der Waals surface area contributed by atoms with Crippen molar-refractivity contribution in [1.82, 2.24) is 14.5 Å². The van der Waals surface area contributed by atoms with Gasteiger partial charge < -0.3 is 9.47 Å². The second-order valence-electron chi connectivity index (χ2n) is 5.34. The number of nitriles is 1. The van der Waals surface area contributed by atoms with Crippen molar-refractivity contribution in [3.63, 3.8) is 0 Å². The van der Waals surface area contributed by atoms with E-state index in [2.05, 4.69) is 25.5 Å². The molecule has 1 aliphatic rings. The summed E-state index contributed by atoms with van der Waals surface area (Å²) in [6.07, 6.45) is 3.45. The van der Waals surface area contributed by atoms with Gasteiger partial charge in [-0.15, -0.1) is 0 Å². The minimum absolute atomic E-state index is 0.362. The molecule has 1 saturated heterocycles. The normalized spacial score (nSPS) is 14.8. The molecule has 108 valence electrons. The van der Waals surface area contributed by atoms with Gasteiger partial charge in [-0.2, -0.15) is 5.26 Å². The number of nitrogens with zero attached hydrogens (tertiary/aromatic N) is 5. The molecule has 0 spiro atoms. The summed E-state index contributed by atoms with van der Waals surface area (Å²) < 4.78 is 2.20. The molecule has 4 rings (SSSR count). The van der Waals surface area contributed by atoms with Crippen LogP contribution < -0.4 is 4.90 Å². The topological polar surface area (TPSA) is 57.7 Å². The van der Waals surface area contributed by atoms with E-state index in [0.29, 0.717) is 16.6 Å². The molecule has 0 aliphatic carbocycles. The molecule has 3 aromatic rings. The second kappa shape index (κ2) is 5.00. The van der Waals surface area contributed by atoms with Crippen LogP contribution >= 0.6 is 11.6 Å². The Hall–Kier alpha value is -2.58. The number of hydrogen-bond acceptors (Lipinski definition) is 4. The molecule has 0 unspecified atom stereocenters. The number of fused-ring (bicyclic) bond motifs is 1. The van der Waals surface area contributed by atoms with Gasteiger partial charge in [0.25, 0.3) is 0 Å². The lowest BCUT2D eigenvalue weighted by atomic mass is 10.1. The zero-order valence-corrected chi connectivity index (χ0v) is 12.4. The first-order valence-electron chi connectivity index (χ1n) is 6.98. The molecule has 22 heavy (non-hydrogen) atoms. The van der Waals surface area contributed by atoms with Crippen LogP contribution in [0, 0.1) is 11.3 Å². The van der Waals surface area contributed by atoms with E-state index in [9.17, 15) is 0 Å².